The van der Waals surface area contributed by atoms with Crippen molar-refractivity contribution in [3.05, 3.63) is 95.3 Å². The highest BCUT2D eigenvalue weighted by molar-refractivity contribution is 5.95. The Bertz CT molecular complexity index is 1170. The Morgan fingerprint density at radius 2 is 1.76 bits per heavy atom. The molecule has 5 rings (SSSR count). The topological polar surface area (TPSA) is 21.7 Å². The molecule has 3 nitrogen and oxygen atoms in total. The van der Waals surface area contributed by atoms with E-state index in [1.807, 2.05) is 42.5 Å². The van der Waals surface area contributed by atoms with Crippen LogP contribution in [0.5, 0.6) is 11.5 Å². The Morgan fingerprint density at radius 1 is 1.03 bits per heavy atom. The van der Waals surface area contributed by atoms with Crippen LogP contribution in [-0.4, -0.2) is 30.6 Å². The van der Waals surface area contributed by atoms with Crippen molar-refractivity contribution in [2.75, 3.05) is 19.7 Å². The maximum absolute atomic E-state index is 13.6. The second kappa shape index (κ2) is 9.63. The number of para-hydroxylation sites is 1. The van der Waals surface area contributed by atoms with Crippen LogP contribution < -0.4 is 9.47 Å². The SMILES string of the molecule is CC1=C(c2ccc(F)cc2)C(c2ccc(OCC(C)N3CCC(C)C3)cc2)Oc2ccccc21. The molecule has 3 aromatic carbocycles. The number of fused-ring (bicyclic) bond motifs is 1. The van der Waals surface area contributed by atoms with Crippen LogP contribution in [0.15, 0.2) is 72.8 Å². The van der Waals surface area contributed by atoms with E-state index in [1.54, 1.807) is 0 Å². The Labute approximate surface area is 201 Å². The van der Waals surface area contributed by atoms with Gasteiger partial charge in [0, 0.05) is 23.7 Å². The summed E-state index contributed by atoms with van der Waals surface area (Å²) >= 11 is 0. The van der Waals surface area contributed by atoms with E-state index in [4.69, 9.17) is 9.47 Å². The summed E-state index contributed by atoms with van der Waals surface area (Å²) in [7, 11) is 0. The van der Waals surface area contributed by atoms with Crippen molar-refractivity contribution < 1.29 is 13.9 Å². The van der Waals surface area contributed by atoms with E-state index in [1.165, 1.54) is 18.6 Å². The van der Waals surface area contributed by atoms with Crippen molar-refractivity contribution in [2.45, 2.75) is 39.3 Å². The quantitative estimate of drug-likeness (QED) is 0.398. The van der Waals surface area contributed by atoms with Gasteiger partial charge in [-0.3, -0.25) is 4.90 Å². The van der Waals surface area contributed by atoms with Gasteiger partial charge in [0.15, 0.2) is 0 Å². The maximum atomic E-state index is 13.6. The van der Waals surface area contributed by atoms with Crippen molar-refractivity contribution in [3.63, 3.8) is 0 Å². The molecule has 0 aromatic heterocycles. The maximum Gasteiger partial charge on any atom is 0.150 e. The van der Waals surface area contributed by atoms with E-state index in [0.29, 0.717) is 12.6 Å². The van der Waals surface area contributed by atoms with Crippen molar-refractivity contribution in [3.8, 4) is 11.5 Å². The van der Waals surface area contributed by atoms with Gasteiger partial charge >= 0.3 is 0 Å². The van der Waals surface area contributed by atoms with Crippen molar-refractivity contribution >= 4 is 11.1 Å². The zero-order chi connectivity index (χ0) is 23.7. The molecule has 176 valence electrons. The largest absolute Gasteiger partial charge is 0.492 e. The van der Waals surface area contributed by atoms with Gasteiger partial charge in [-0.1, -0.05) is 49.4 Å². The summed E-state index contributed by atoms with van der Waals surface area (Å²) in [6.45, 7) is 9.66. The summed E-state index contributed by atoms with van der Waals surface area (Å²) in [5.74, 6) is 2.26. The lowest BCUT2D eigenvalue weighted by Crippen LogP contribution is -2.35. The molecule has 1 fully saturated rings. The van der Waals surface area contributed by atoms with Crippen LogP contribution in [0.25, 0.3) is 11.1 Å². The number of nitrogens with zero attached hydrogens (tertiary/aromatic N) is 1. The lowest BCUT2D eigenvalue weighted by Gasteiger charge is -2.31. The van der Waals surface area contributed by atoms with Crippen molar-refractivity contribution in [2.24, 2.45) is 5.92 Å². The fraction of sp³-hybridized carbons (Fsp3) is 0.333. The highest BCUT2D eigenvalue weighted by Gasteiger charge is 2.29. The first-order chi connectivity index (χ1) is 16.5. The summed E-state index contributed by atoms with van der Waals surface area (Å²) < 4.78 is 26.3. The molecule has 3 unspecified atom stereocenters. The summed E-state index contributed by atoms with van der Waals surface area (Å²) in [4.78, 5) is 2.51. The molecule has 0 N–H and O–H groups in total. The molecule has 2 aliphatic heterocycles. The summed E-state index contributed by atoms with van der Waals surface area (Å²) in [5, 5.41) is 0. The molecular weight excluding hydrogens is 425 g/mol. The molecule has 0 spiro atoms. The number of benzene rings is 3. The first-order valence-corrected chi connectivity index (χ1v) is 12.2. The van der Waals surface area contributed by atoms with Crippen LogP contribution >= 0.6 is 0 Å². The second-order valence-corrected chi connectivity index (χ2v) is 9.66. The Balaban J connectivity index is 1.38. The van der Waals surface area contributed by atoms with Crippen LogP contribution in [0.1, 0.15) is 50.0 Å². The molecular formula is C30H32FNO2. The standard InChI is InChI=1S/C30H32FNO2/c1-20-16-17-32(18-20)21(2)19-33-26-14-10-24(11-15-26)30-29(23-8-12-25(31)13-9-23)22(3)27-6-4-5-7-28(27)34-30/h4-15,20-21,30H,16-19H2,1-3H3. The zero-order valence-electron chi connectivity index (χ0n) is 20.1. The van der Waals surface area contributed by atoms with Crippen LogP contribution in [0, 0.1) is 11.7 Å². The van der Waals surface area contributed by atoms with E-state index < -0.39 is 0 Å². The van der Waals surface area contributed by atoms with E-state index in [2.05, 4.69) is 43.9 Å². The number of hydrogen-bond acceptors (Lipinski definition) is 3. The molecule has 1 saturated heterocycles. The van der Waals surface area contributed by atoms with Gasteiger partial charge in [0.1, 0.15) is 30.0 Å². The van der Waals surface area contributed by atoms with Gasteiger partial charge in [-0.25, -0.2) is 4.39 Å². The first kappa shape index (κ1) is 22.7. The minimum absolute atomic E-state index is 0.241. The first-order valence-electron chi connectivity index (χ1n) is 12.2. The molecule has 3 atom stereocenters. The highest BCUT2D eigenvalue weighted by Crippen LogP contribution is 2.46. The van der Waals surface area contributed by atoms with Gasteiger partial charge in [0.2, 0.25) is 0 Å². The van der Waals surface area contributed by atoms with Crippen LogP contribution in [0.2, 0.25) is 0 Å². The van der Waals surface area contributed by atoms with E-state index in [9.17, 15) is 4.39 Å². The Kier molecular flexibility index (Phi) is 6.42. The lowest BCUT2D eigenvalue weighted by molar-refractivity contribution is 0.169. The Hall–Kier alpha value is -3.11. The fourth-order valence-electron chi connectivity index (χ4n) is 5.07. The number of likely N-dealkylation sites (tertiary alicyclic amines) is 1. The van der Waals surface area contributed by atoms with E-state index >= 15 is 0 Å². The van der Waals surface area contributed by atoms with Gasteiger partial charge in [-0.15, -0.1) is 0 Å². The van der Waals surface area contributed by atoms with Crippen molar-refractivity contribution in [1.29, 1.82) is 0 Å². The highest BCUT2D eigenvalue weighted by atomic mass is 19.1. The number of ether oxygens (including phenoxy) is 2. The lowest BCUT2D eigenvalue weighted by atomic mass is 9.86. The number of halogens is 1. The van der Waals surface area contributed by atoms with Gasteiger partial charge in [-0.2, -0.15) is 0 Å². The van der Waals surface area contributed by atoms with Gasteiger partial charge in [0.25, 0.3) is 0 Å². The molecule has 4 heteroatoms. The van der Waals surface area contributed by atoms with Crippen LogP contribution in [0.4, 0.5) is 4.39 Å². The predicted molar refractivity (Wildman–Crippen MR) is 135 cm³/mol. The number of allylic oxidation sites excluding steroid dienone is 1. The van der Waals surface area contributed by atoms with Crippen molar-refractivity contribution in [1.82, 2.24) is 4.90 Å². The third-order valence-corrected chi connectivity index (χ3v) is 7.11. The molecule has 2 aliphatic rings. The summed E-state index contributed by atoms with van der Waals surface area (Å²) in [6, 6.07) is 23.4. The third kappa shape index (κ3) is 4.60. The molecule has 3 aromatic rings. The average Bonchev–Trinajstić information content (AvgIpc) is 3.30. The summed E-state index contributed by atoms with van der Waals surface area (Å²) in [6.07, 6.45) is 0.992. The van der Waals surface area contributed by atoms with E-state index in [-0.39, 0.29) is 11.9 Å². The molecule has 2 heterocycles. The van der Waals surface area contributed by atoms with Crippen LogP contribution in [-0.2, 0) is 0 Å². The minimum Gasteiger partial charge on any atom is -0.492 e. The van der Waals surface area contributed by atoms with Gasteiger partial charge < -0.3 is 9.47 Å². The second-order valence-electron chi connectivity index (χ2n) is 9.66. The minimum atomic E-state index is -0.278. The molecule has 0 bridgehead atoms. The number of hydrogen-bond donors (Lipinski definition) is 0. The average molecular weight is 458 g/mol. The summed E-state index contributed by atoms with van der Waals surface area (Å²) in [5.41, 5.74) is 5.29. The Morgan fingerprint density at radius 3 is 2.47 bits per heavy atom. The predicted octanol–water partition coefficient (Wildman–Crippen LogP) is 7.00. The fourth-order valence-corrected chi connectivity index (χ4v) is 5.07. The molecule has 0 saturated carbocycles. The molecule has 0 amide bonds. The normalized spacial score (nSPS) is 21.2. The molecule has 34 heavy (non-hydrogen) atoms. The van der Waals surface area contributed by atoms with Gasteiger partial charge in [-0.05, 0) is 79.8 Å². The third-order valence-electron chi connectivity index (χ3n) is 7.11. The smallest absolute Gasteiger partial charge is 0.150 e. The van der Waals surface area contributed by atoms with Crippen LogP contribution in [0.3, 0.4) is 0 Å². The monoisotopic (exact) mass is 457 g/mol. The molecule has 0 aliphatic carbocycles. The number of rotatable bonds is 6. The van der Waals surface area contributed by atoms with Gasteiger partial charge in [0.05, 0.1) is 0 Å². The molecule has 0 radical (unpaired) electrons. The van der Waals surface area contributed by atoms with E-state index in [0.717, 1.165) is 58.3 Å². The zero-order valence-corrected chi connectivity index (χ0v) is 20.1.